The zero-order valence-electron chi connectivity index (χ0n) is 14.4. The monoisotopic (exact) mass is 347 g/mol. The first-order chi connectivity index (χ1) is 12.0. The number of amides is 3. The Balaban J connectivity index is 1.74. The Morgan fingerprint density at radius 3 is 2.48 bits per heavy atom. The normalized spacial score (nSPS) is 17.5. The quantitative estimate of drug-likeness (QED) is 0.756. The lowest BCUT2D eigenvalue weighted by atomic mass is 10.1. The average Bonchev–Trinajstić information content (AvgIpc) is 2.79. The lowest BCUT2D eigenvalue weighted by Gasteiger charge is -2.34. The third-order valence-corrected chi connectivity index (χ3v) is 4.51. The molecule has 0 aromatic heterocycles. The minimum Gasteiger partial charge on any atom is -0.491 e. The molecule has 0 N–H and O–H groups in total. The summed E-state index contributed by atoms with van der Waals surface area (Å²) in [7, 11) is 3.02. The van der Waals surface area contributed by atoms with Crippen LogP contribution in [0.25, 0.3) is 0 Å². The van der Waals surface area contributed by atoms with E-state index in [1.165, 1.54) is 12.0 Å². The van der Waals surface area contributed by atoms with Crippen LogP contribution in [-0.4, -0.2) is 74.7 Å². The summed E-state index contributed by atoms with van der Waals surface area (Å²) in [6.07, 6.45) is -0.0707. The predicted octanol–water partition coefficient (Wildman–Crippen LogP) is 0.956. The summed E-state index contributed by atoms with van der Waals surface area (Å²) in [5.74, 6) is 0.424. The van der Waals surface area contributed by atoms with Gasteiger partial charge in [-0.3, -0.25) is 9.59 Å². The second-order valence-corrected chi connectivity index (χ2v) is 5.98. The van der Waals surface area contributed by atoms with Crippen molar-refractivity contribution in [2.24, 2.45) is 0 Å². The van der Waals surface area contributed by atoms with Gasteiger partial charge < -0.3 is 24.2 Å². The second kappa shape index (κ2) is 7.00. The number of piperazine rings is 1. The standard InChI is InChI=1S/C17H21N3O5/c1-18-13-11-12(3-4-14(13)25-10-5-15(18)21)16(22)19-6-8-20(9-7-19)17(23)24-2/h3-4,11H,5-10H2,1-2H3. The fraction of sp³-hybridized carbons (Fsp3) is 0.471. The van der Waals surface area contributed by atoms with Crippen molar-refractivity contribution in [1.82, 2.24) is 9.80 Å². The minimum atomic E-state index is -0.380. The molecule has 8 heteroatoms. The highest BCUT2D eigenvalue weighted by atomic mass is 16.5. The van der Waals surface area contributed by atoms with E-state index >= 15 is 0 Å². The smallest absolute Gasteiger partial charge is 0.409 e. The molecule has 8 nitrogen and oxygen atoms in total. The molecule has 1 aromatic carbocycles. The van der Waals surface area contributed by atoms with Crippen molar-refractivity contribution in [3.05, 3.63) is 23.8 Å². The van der Waals surface area contributed by atoms with Gasteiger partial charge in [0.1, 0.15) is 5.75 Å². The molecule has 2 heterocycles. The van der Waals surface area contributed by atoms with E-state index in [9.17, 15) is 14.4 Å². The Kier molecular flexibility index (Phi) is 4.78. The summed E-state index contributed by atoms with van der Waals surface area (Å²) in [5.41, 5.74) is 1.09. The van der Waals surface area contributed by atoms with Crippen LogP contribution in [0.5, 0.6) is 5.75 Å². The first kappa shape index (κ1) is 17.1. The van der Waals surface area contributed by atoms with Crippen LogP contribution in [0, 0.1) is 0 Å². The first-order valence-corrected chi connectivity index (χ1v) is 8.17. The van der Waals surface area contributed by atoms with E-state index in [0.717, 1.165) is 0 Å². The van der Waals surface area contributed by atoms with Crippen LogP contribution in [0.15, 0.2) is 18.2 Å². The van der Waals surface area contributed by atoms with Crippen LogP contribution in [0.4, 0.5) is 10.5 Å². The van der Waals surface area contributed by atoms with Crippen molar-refractivity contribution in [2.75, 3.05) is 51.8 Å². The van der Waals surface area contributed by atoms with Crippen LogP contribution < -0.4 is 9.64 Å². The summed E-state index contributed by atoms with van der Waals surface area (Å²) in [4.78, 5) is 41.1. The number of ether oxygens (including phenoxy) is 2. The topological polar surface area (TPSA) is 79.4 Å². The van der Waals surface area contributed by atoms with Crippen molar-refractivity contribution in [3.8, 4) is 5.75 Å². The number of benzene rings is 1. The molecule has 2 aliphatic heterocycles. The number of anilines is 1. The van der Waals surface area contributed by atoms with E-state index in [1.807, 2.05) is 0 Å². The molecule has 0 radical (unpaired) electrons. The number of methoxy groups -OCH3 is 1. The van der Waals surface area contributed by atoms with Gasteiger partial charge in [0.2, 0.25) is 5.91 Å². The van der Waals surface area contributed by atoms with Crippen molar-refractivity contribution >= 4 is 23.6 Å². The Morgan fingerprint density at radius 1 is 1.12 bits per heavy atom. The van der Waals surface area contributed by atoms with E-state index in [2.05, 4.69) is 0 Å². The lowest BCUT2D eigenvalue weighted by Crippen LogP contribution is -2.50. The molecule has 0 saturated carbocycles. The first-order valence-electron chi connectivity index (χ1n) is 8.17. The number of nitrogens with zero attached hydrogens (tertiary/aromatic N) is 3. The molecule has 134 valence electrons. The maximum absolute atomic E-state index is 12.8. The molecule has 1 fully saturated rings. The number of carbonyl (C=O) groups excluding carboxylic acids is 3. The molecule has 0 spiro atoms. The van der Waals surface area contributed by atoms with Gasteiger partial charge in [-0.25, -0.2) is 4.79 Å². The predicted molar refractivity (Wildman–Crippen MR) is 89.8 cm³/mol. The molecule has 0 unspecified atom stereocenters. The fourth-order valence-corrected chi connectivity index (χ4v) is 2.99. The van der Waals surface area contributed by atoms with Gasteiger partial charge in [0.25, 0.3) is 5.91 Å². The summed E-state index contributed by atoms with van der Waals surface area (Å²) >= 11 is 0. The van der Waals surface area contributed by atoms with Gasteiger partial charge in [0.05, 0.1) is 25.8 Å². The number of hydrogen-bond acceptors (Lipinski definition) is 5. The molecular formula is C17H21N3O5. The molecule has 1 aromatic rings. The second-order valence-electron chi connectivity index (χ2n) is 5.98. The van der Waals surface area contributed by atoms with Crippen molar-refractivity contribution in [1.29, 1.82) is 0 Å². The maximum atomic E-state index is 12.8. The summed E-state index contributed by atoms with van der Waals surface area (Å²) in [6.45, 7) is 2.08. The lowest BCUT2D eigenvalue weighted by molar-refractivity contribution is -0.118. The Morgan fingerprint density at radius 2 is 1.80 bits per heavy atom. The van der Waals surface area contributed by atoms with Crippen molar-refractivity contribution < 1.29 is 23.9 Å². The number of rotatable bonds is 1. The van der Waals surface area contributed by atoms with Gasteiger partial charge in [-0.05, 0) is 18.2 Å². The number of hydrogen-bond donors (Lipinski definition) is 0. The Hall–Kier alpha value is -2.77. The van der Waals surface area contributed by atoms with E-state index < -0.39 is 0 Å². The van der Waals surface area contributed by atoms with E-state index in [0.29, 0.717) is 56.2 Å². The molecule has 0 atom stereocenters. The SMILES string of the molecule is COC(=O)N1CCN(C(=O)c2ccc3c(c2)N(C)C(=O)CCO3)CC1. The van der Waals surface area contributed by atoms with Gasteiger partial charge in [-0.1, -0.05) is 0 Å². The van der Waals surface area contributed by atoms with Crippen molar-refractivity contribution in [3.63, 3.8) is 0 Å². The maximum Gasteiger partial charge on any atom is 0.409 e. The number of fused-ring (bicyclic) bond motifs is 1. The van der Waals surface area contributed by atoms with Gasteiger partial charge in [-0.15, -0.1) is 0 Å². The fourth-order valence-electron chi connectivity index (χ4n) is 2.99. The zero-order valence-corrected chi connectivity index (χ0v) is 14.4. The summed E-state index contributed by atoms with van der Waals surface area (Å²) in [5, 5.41) is 0. The third-order valence-electron chi connectivity index (χ3n) is 4.51. The largest absolute Gasteiger partial charge is 0.491 e. The molecule has 3 rings (SSSR count). The van der Waals surface area contributed by atoms with Gasteiger partial charge in [0, 0.05) is 38.8 Å². The van der Waals surface area contributed by atoms with Crippen LogP contribution >= 0.6 is 0 Å². The Labute approximate surface area is 145 Å². The minimum absolute atomic E-state index is 0.0463. The van der Waals surface area contributed by atoms with Gasteiger partial charge >= 0.3 is 6.09 Å². The van der Waals surface area contributed by atoms with E-state index in [4.69, 9.17) is 9.47 Å². The van der Waals surface area contributed by atoms with Crippen LogP contribution in [0.1, 0.15) is 16.8 Å². The third kappa shape index (κ3) is 3.38. The molecule has 1 saturated heterocycles. The van der Waals surface area contributed by atoms with Crippen molar-refractivity contribution in [2.45, 2.75) is 6.42 Å². The number of carbonyl (C=O) groups is 3. The van der Waals surface area contributed by atoms with Gasteiger partial charge in [-0.2, -0.15) is 0 Å². The average molecular weight is 347 g/mol. The molecule has 3 amide bonds. The zero-order chi connectivity index (χ0) is 18.0. The highest BCUT2D eigenvalue weighted by Crippen LogP contribution is 2.32. The molecule has 2 aliphatic rings. The van der Waals surface area contributed by atoms with Gasteiger partial charge in [0.15, 0.2) is 0 Å². The van der Waals surface area contributed by atoms with E-state index in [1.54, 1.807) is 35.0 Å². The molecule has 25 heavy (non-hydrogen) atoms. The summed E-state index contributed by atoms with van der Waals surface area (Å²) < 4.78 is 10.3. The van der Waals surface area contributed by atoms with Crippen LogP contribution in [0.3, 0.4) is 0 Å². The highest BCUT2D eigenvalue weighted by Gasteiger charge is 2.27. The molecular weight excluding hydrogens is 326 g/mol. The molecule has 0 bridgehead atoms. The highest BCUT2D eigenvalue weighted by molar-refractivity contribution is 5.99. The van der Waals surface area contributed by atoms with Crippen LogP contribution in [-0.2, 0) is 9.53 Å². The molecule has 0 aliphatic carbocycles. The van der Waals surface area contributed by atoms with E-state index in [-0.39, 0.29) is 17.9 Å². The Bertz CT molecular complexity index is 698. The van der Waals surface area contributed by atoms with Crippen LogP contribution in [0.2, 0.25) is 0 Å². The summed E-state index contributed by atoms with van der Waals surface area (Å²) in [6, 6.07) is 5.12.